The summed E-state index contributed by atoms with van der Waals surface area (Å²) in [5, 5.41) is 0.509. The molecule has 2 rings (SSSR count). The van der Waals surface area contributed by atoms with E-state index in [-0.39, 0.29) is 0 Å². The minimum Gasteiger partial charge on any atom is -0.465 e. The van der Waals surface area contributed by atoms with E-state index in [2.05, 4.69) is 11.8 Å². The van der Waals surface area contributed by atoms with Gasteiger partial charge in [-0.1, -0.05) is 18.5 Å². The fraction of sp³-hybridized carbons (Fsp3) is 0.500. The Morgan fingerprint density at radius 3 is 2.63 bits per heavy atom. The lowest BCUT2D eigenvalue weighted by Gasteiger charge is -2.33. The van der Waals surface area contributed by atoms with Crippen molar-refractivity contribution in [3.8, 4) is 0 Å². The maximum Gasteiger partial charge on any atom is 0.340 e. The molecule has 1 saturated heterocycles. The van der Waals surface area contributed by atoms with E-state index >= 15 is 0 Å². The molecule has 1 fully saturated rings. The fourth-order valence-corrected chi connectivity index (χ4v) is 2.79. The molecule has 0 spiro atoms. The van der Waals surface area contributed by atoms with Crippen molar-refractivity contribution in [1.29, 1.82) is 0 Å². The summed E-state index contributed by atoms with van der Waals surface area (Å²) in [5.41, 5.74) is 7.42. The topological polar surface area (TPSA) is 55.6 Å². The van der Waals surface area contributed by atoms with Crippen LogP contribution in [0.3, 0.4) is 0 Å². The number of nitrogens with two attached hydrogens (primary N) is 1. The van der Waals surface area contributed by atoms with Gasteiger partial charge in [0.2, 0.25) is 0 Å². The SMILES string of the molecule is COC(=O)c1cc(N)cc(Cl)c1N1CCC(C)CC1. The van der Waals surface area contributed by atoms with Crippen molar-refractivity contribution in [2.24, 2.45) is 5.92 Å². The van der Waals surface area contributed by atoms with E-state index < -0.39 is 5.97 Å². The average Bonchev–Trinajstić information content (AvgIpc) is 2.38. The van der Waals surface area contributed by atoms with Gasteiger partial charge < -0.3 is 15.4 Å². The van der Waals surface area contributed by atoms with Gasteiger partial charge in [-0.15, -0.1) is 0 Å². The second-order valence-electron chi connectivity index (χ2n) is 5.06. The molecule has 1 aliphatic rings. The van der Waals surface area contributed by atoms with Gasteiger partial charge in [-0.05, 0) is 30.9 Å². The molecular formula is C14H19ClN2O2. The van der Waals surface area contributed by atoms with Crippen LogP contribution in [0.5, 0.6) is 0 Å². The summed E-state index contributed by atoms with van der Waals surface area (Å²) < 4.78 is 4.82. The molecule has 0 atom stereocenters. The Balaban J connectivity index is 2.40. The number of rotatable bonds is 2. The minimum atomic E-state index is -0.400. The van der Waals surface area contributed by atoms with Gasteiger partial charge in [0, 0.05) is 18.8 Å². The highest BCUT2D eigenvalue weighted by molar-refractivity contribution is 6.34. The largest absolute Gasteiger partial charge is 0.465 e. The zero-order chi connectivity index (χ0) is 14.0. The molecule has 4 nitrogen and oxygen atoms in total. The van der Waals surface area contributed by atoms with Gasteiger partial charge in [0.1, 0.15) is 0 Å². The number of esters is 1. The van der Waals surface area contributed by atoms with Crippen LogP contribution in [-0.4, -0.2) is 26.2 Å². The predicted octanol–water partition coefficient (Wildman–Crippen LogP) is 2.95. The summed E-state index contributed by atoms with van der Waals surface area (Å²) >= 11 is 6.28. The molecule has 19 heavy (non-hydrogen) atoms. The average molecular weight is 283 g/mol. The molecule has 1 heterocycles. The van der Waals surface area contributed by atoms with Gasteiger partial charge in [0.15, 0.2) is 0 Å². The summed E-state index contributed by atoms with van der Waals surface area (Å²) in [5.74, 6) is 0.313. The van der Waals surface area contributed by atoms with Crippen LogP contribution in [0, 0.1) is 5.92 Å². The summed E-state index contributed by atoms with van der Waals surface area (Å²) in [6.07, 6.45) is 2.20. The Morgan fingerprint density at radius 2 is 2.05 bits per heavy atom. The number of hydrogen-bond donors (Lipinski definition) is 1. The number of methoxy groups -OCH3 is 1. The molecule has 1 aromatic carbocycles. The van der Waals surface area contributed by atoms with Crippen LogP contribution >= 0.6 is 11.6 Å². The van der Waals surface area contributed by atoms with Crippen LogP contribution in [0.1, 0.15) is 30.1 Å². The number of carbonyl (C=O) groups excluding carboxylic acids is 1. The zero-order valence-electron chi connectivity index (χ0n) is 11.3. The van der Waals surface area contributed by atoms with E-state index in [0.717, 1.165) is 31.6 Å². The van der Waals surface area contributed by atoms with Crippen molar-refractivity contribution in [3.63, 3.8) is 0 Å². The second-order valence-corrected chi connectivity index (χ2v) is 5.47. The van der Waals surface area contributed by atoms with Gasteiger partial charge in [0.25, 0.3) is 0 Å². The third kappa shape index (κ3) is 2.95. The molecule has 0 aromatic heterocycles. The summed E-state index contributed by atoms with van der Waals surface area (Å²) in [6, 6.07) is 3.31. The van der Waals surface area contributed by atoms with Crippen molar-refractivity contribution in [2.75, 3.05) is 30.8 Å². The standard InChI is InChI=1S/C14H19ClN2O2/c1-9-3-5-17(6-4-9)13-11(14(18)19-2)7-10(16)8-12(13)15/h7-9H,3-6,16H2,1-2H3. The first-order valence-electron chi connectivity index (χ1n) is 6.45. The van der Waals surface area contributed by atoms with Crippen molar-refractivity contribution < 1.29 is 9.53 Å². The highest BCUT2D eigenvalue weighted by Gasteiger charge is 2.24. The Morgan fingerprint density at radius 1 is 1.42 bits per heavy atom. The molecule has 0 unspecified atom stereocenters. The van der Waals surface area contributed by atoms with Gasteiger partial charge >= 0.3 is 5.97 Å². The molecule has 1 aliphatic heterocycles. The van der Waals surface area contributed by atoms with Crippen LogP contribution < -0.4 is 10.6 Å². The molecule has 1 aromatic rings. The zero-order valence-corrected chi connectivity index (χ0v) is 12.0. The number of nitrogen functional groups attached to an aromatic ring is 1. The molecule has 2 N–H and O–H groups in total. The van der Waals surface area contributed by atoms with Gasteiger partial charge in [-0.3, -0.25) is 0 Å². The maximum absolute atomic E-state index is 11.9. The number of hydrogen-bond acceptors (Lipinski definition) is 4. The fourth-order valence-electron chi connectivity index (χ4n) is 2.44. The number of carbonyl (C=O) groups is 1. The van der Waals surface area contributed by atoms with E-state index in [1.165, 1.54) is 7.11 Å². The summed E-state index contributed by atoms with van der Waals surface area (Å²) in [4.78, 5) is 14.0. The van der Waals surface area contributed by atoms with Gasteiger partial charge in [-0.25, -0.2) is 4.79 Å². The van der Waals surface area contributed by atoms with Crippen LogP contribution in [0.15, 0.2) is 12.1 Å². The van der Waals surface area contributed by atoms with E-state index in [0.29, 0.717) is 22.2 Å². The van der Waals surface area contributed by atoms with E-state index in [4.69, 9.17) is 22.1 Å². The maximum atomic E-state index is 11.9. The van der Waals surface area contributed by atoms with E-state index in [9.17, 15) is 4.79 Å². The Hall–Kier alpha value is -1.42. The summed E-state index contributed by atoms with van der Waals surface area (Å²) in [7, 11) is 1.36. The lowest BCUT2D eigenvalue weighted by Crippen LogP contribution is -2.34. The predicted molar refractivity (Wildman–Crippen MR) is 77.8 cm³/mol. The number of nitrogens with zero attached hydrogens (tertiary/aromatic N) is 1. The van der Waals surface area contributed by atoms with Crippen LogP contribution in [0.4, 0.5) is 11.4 Å². The molecular weight excluding hydrogens is 264 g/mol. The van der Waals surface area contributed by atoms with Gasteiger partial charge in [0.05, 0.1) is 23.4 Å². The number of piperidine rings is 1. The van der Waals surface area contributed by atoms with Crippen molar-refractivity contribution in [3.05, 3.63) is 22.7 Å². The first-order chi connectivity index (χ1) is 9.02. The molecule has 5 heteroatoms. The minimum absolute atomic E-state index is 0.400. The number of ether oxygens (including phenoxy) is 1. The quantitative estimate of drug-likeness (QED) is 0.669. The number of halogens is 1. The lowest BCUT2D eigenvalue weighted by molar-refractivity contribution is 0.0601. The van der Waals surface area contributed by atoms with Crippen LogP contribution in [-0.2, 0) is 4.74 Å². The normalized spacial score (nSPS) is 16.5. The first kappa shape index (κ1) is 14.0. The molecule has 0 aliphatic carbocycles. The Labute approximate surface area is 118 Å². The van der Waals surface area contributed by atoms with Crippen LogP contribution in [0.25, 0.3) is 0 Å². The van der Waals surface area contributed by atoms with Gasteiger partial charge in [-0.2, -0.15) is 0 Å². The third-order valence-corrected chi connectivity index (χ3v) is 3.88. The highest BCUT2D eigenvalue weighted by atomic mass is 35.5. The van der Waals surface area contributed by atoms with E-state index in [1.54, 1.807) is 12.1 Å². The monoisotopic (exact) mass is 282 g/mol. The van der Waals surface area contributed by atoms with Crippen LogP contribution in [0.2, 0.25) is 5.02 Å². The number of anilines is 2. The van der Waals surface area contributed by atoms with Crippen molar-refractivity contribution in [2.45, 2.75) is 19.8 Å². The Kier molecular flexibility index (Phi) is 4.20. The van der Waals surface area contributed by atoms with Crippen molar-refractivity contribution >= 4 is 28.9 Å². The highest BCUT2D eigenvalue weighted by Crippen LogP contribution is 2.35. The third-order valence-electron chi connectivity index (χ3n) is 3.59. The smallest absolute Gasteiger partial charge is 0.340 e. The van der Waals surface area contributed by atoms with E-state index in [1.807, 2.05) is 0 Å². The Bertz CT molecular complexity index is 483. The summed E-state index contributed by atoms with van der Waals surface area (Å²) in [6.45, 7) is 4.03. The lowest BCUT2D eigenvalue weighted by atomic mass is 9.98. The first-order valence-corrected chi connectivity index (χ1v) is 6.83. The molecule has 0 bridgehead atoms. The number of benzene rings is 1. The van der Waals surface area contributed by atoms with Crippen molar-refractivity contribution in [1.82, 2.24) is 0 Å². The second kappa shape index (κ2) is 5.70. The molecule has 0 saturated carbocycles. The molecule has 0 amide bonds. The molecule has 0 radical (unpaired) electrons. The molecule has 104 valence electrons.